The summed E-state index contributed by atoms with van der Waals surface area (Å²) in [5.41, 5.74) is 0.0234. The SMILES string of the molecule is N=C(NC(=O)C(F)(F)F)c1ccc(C(=O)NCC2COCCN2C(=O)c2ccccc2F)cc1. The van der Waals surface area contributed by atoms with E-state index in [0.717, 1.165) is 0 Å². The van der Waals surface area contributed by atoms with E-state index in [9.17, 15) is 31.9 Å². The molecule has 0 bridgehead atoms. The summed E-state index contributed by atoms with van der Waals surface area (Å²) in [6.07, 6.45) is -5.13. The third-order valence-corrected chi connectivity index (χ3v) is 5.02. The van der Waals surface area contributed by atoms with Gasteiger partial charge in [-0.05, 0) is 24.3 Å². The highest BCUT2D eigenvalue weighted by Gasteiger charge is 2.39. The van der Waals surface area contributed by atoms with Crippen LogP contribution in [-0.4, -0.2) is 67.0 Å². The Morgan fingerprint density at radius 1 is 1.06 bits per heavy atom. The number of hydrogen-bond donors (Lipinski definition) is 3. The smallest absolute Gasteiger partial charge is 0.377 e. The Balaban J connectivity index is 1.61. The molecule has 2 aromatic carbocycles. The molecule has 12 heteroatoms. The molecule has 8 nitrogen and oxygen atoms in total. The zero-order chi connectivity index (χ0) is 24.9. The zero-order valence-corrected chi connectivity index (χ0v) is 17.6. The van der Waals surface area contributed by atoms with Crippen molar-refractivity contribution in [1.29, 1.82) is 5.41 Å². The molecule has 3 N–H and O–H groups in total. The molecule has 1 heterocycles. The Kier molecular flexibility index (Phi) is 7.61. The fraction of sp³-hybridized carbons (Fsp3) is 0.273. The van der Waals surface area contributed by atoms with Crippen LogP contribution in [0, 0.1) is 11.2 Å². The van der Waals surface area contributed by atoms with Crippen LogP contribution in [0.2, 0.25) is 0 Å². The summed E-state index contributed by atoms with van der Waals surface area (Å²) in [5.74, 6) is -4.76. The van der Waals surface area contributed by atoms with Crippen LogP contribution in [-0.2, 0) is 9.53 Å². The van der Waals surface area contributed by atoms with Crippen molar-refractivity contribution in [2.45, 2.75) is 12.2 Å². The lowest BCUT2D eigenvalue weighted by molar-refractivity contribution is -0.171. The van der Waals surface area contributed by atoms with Gasteiger partial charge in [-0.1, -0.05) is 24.3 Å². The number of amides is 3. The van der Waals surface area contributed by atoms with E-state index >= 15 is 0 Å². The number of morpholine rings is 1. The first-order chi connectivity index (χ1) is 16.1. The van der Waals surface area contributed by atoms with E-state index in [1.165, 1.54) is 52.7 Å². The maximum absolute atomic E-state index is 14.0. The van der Waals surface area contributed by atoms with Gasteiger partial charge in [-0.3, -0.25) is 19.8 Å². The van der Waals surface area contributed by atoms with Crippen LogP contribution in [0.15, 0.2) is 48.5 Å². The van der Waals surface area contributed by atoms with E-state index in [2.05, 4.69) is 5.32 Å². The van der Waals surface area contributed by atoms with Crippen LogP contribution in [0.25, 0.3) is 0 Å². The van der Waals surface area contributed by atoms with Gasteiger partial charge in [0.1, 0.15) is 11.7 Å². The monoisotopic (exact) mass is 480 g/mol. The fourth-order valence-electron chi connectivity index (χ4n) is 3.24. The molecule has 3 amide bonds. The minimum Gasteiger partial charge on any atom is -0.377 e. The van der Waals surface area contributed by atoms with Crippen LogP contribution in [0.3, 0.4) is 0 Å². The maximum Gasteiger partial charge on any atom is 0.471 e. The highest BCUT2D eigenvalue weighted by Crippen LogP contribution is 2.16. The Labute approximate surface area is 191 Å². The molecule has 1 unspecified atom stereocenters. The number of ether oxygens (including phenoxy) is 1. The first-order valence-electron chi connectivity index (χ1n) is 10.1. The molecule has 0 aliphatic carbocycles. The number of benzene rings is 2. The molecule has 0 saturated carbocycles. The van der Waals surface area contributed by atoms with Crippen LogP contribution in [0.1, 0.15) is 26.3 Å². The molecular formula is C22H20F4N4O4. The topological polar surface area (TPSA) is 112 Å². The number of rotatable bonds is 5. The zero-order valence-electron chi connectivity index (χ0n) is 17.6. The molecule has 1 saturated heterocycles. The number of nitrogens with zero attached hydrogens (tertiary/aromatic N) is 1. The Morgan fingerprint density at radius 3 is 2.35 bits per heavy atom. The predicted octanol–water partition coefficient (Wildman–Crippen LogP) is 2.10. The van der Waals surface area contributed by atoms with Gasteiger partial charge in [0.05, 0.1) is 24.8 Å². The molecule has 1 fully saturated rings. The van der Waals surface area contributed by atoms with E-state index in [1.807, 2.05) is 0 Å². The molecule has 0 radical (unpaired) electrons. The first kappa shape index (κ1) is 24.8. The molecule has 0 spiro atoms. The van der Waals surface area contributed by atoms with Crippen molar-refractivity contribution in [2.24, 2.45) is 0 Å². The first-order valence-corrected chi connectivity index (χ1v) is 10.1. The van der Waals surface area contributed by atoms with Crippen molar-refractivity contribution in [1.82, 2.24) is 15.5 Å². The van der Waals surface area contributed by atoms with Gasteiger partial charge in [0.25, 0.3) is 11.8 Å². The second kappa shape index (κ2) is 10.4. The Morgan fingerprint density at radius 2 is 1.71 bits per heavy atom. The number of nitrogens with one attached hydrogen (secondary N) is 3. The number of hydrogen-bond acceptors (Lipinski definition) is 5. The summed E-state index contributed by atoms with van der Waals surface area (Å²) in [7, 11) is 0. The number of carbonyl (C=O) groups excluding carboxylic acids is 3. The average molecular weight is 480 g/mol. The quantitative estimate of drug-likeness (QED) is 0.346. The molecule has 0 aromatic heterocycles. The standard InChI is InChI=1S/C22H20F4N4O4/c23-17-4-2-1-3-16(17)20(32)30-9-10-34-12-15(30)11-28-19(31)14-7-5-13(6-8-14)18(27)29-21(33)22(24,25)26/h1-8,15H,9-12H2,(H,28,31)(H2,27,29,33). The van der Waals surface area contributed by atoms with Gasteiger partial charge in [0, 0.05) is 24.2 Å². The van der Waals surface area contributed by atoms with Gasteiger partial charge in [-0.25, -0.2) is 4.39 Å². The second-order valence-electron chi connectivity index (χ2n) is 7.32. The molecule has 1 aliphatic heterocycles. The van der Waals surface area contributed by atoms with Gasteiger partial charge in [-0.15, -0.1) is 0 Å². The lowest BCUT2D eigenvalue weighted by Crippen LogP contribution is -2.53. The van der Waals surface area contributed by atoms with E-state index in [4.69, 9.17) is 10.1 Å². The maximum atomic E-state index is 14.0. The summed E-state index contributed by atoms with van der Waals surface area (Å²) in [4.78, 5) is 37.6. The molecule has 2 aromatic rings. The fourth-order valence-corrected chi connectivity index (χ4v) is 3.24. The summed E-state index contributed by atoms with van der Waals surface area (Å²) in [5, 5.41) is 11.6. The largest absolute Gasteiger partial charge is 0.471 e. The molecule has 1 aliphatic rings. The van der Waals surface area contributed by atoms with Gasteiger partial charge in [0.2, 0.25) is 0 Å². The van der Waals surface area contributed by atoms with Crippen LogP contribution < -0.4 is 10.6 Å². The van der Waals surface area contributed by atoms with E-state index in [1.54, 1.807) is 6.07 Å². The molecule has 180 valence electrons. The lowest BCUT2D eigenvalue weighted by Gasteiger charge is -2.35. The van der Waals surface area contributed by atoms with Gasteiger partial charge >= 0.3 is 12.1 Å². The Bertz CT molecular complexity index is 1090. The van der Waals surface area contributed by atoms with Crippen molar-refractivity contribution in [3.05, 3.63) is 71.0 Å². The van der Waals surface area contributed by atoms with Gasteiger partial charge in [0.15, 0.2) is 0 Å². The Hall–Kier alpha value is -3.80. The number of halogens is 4. The third kappa shape index (κ3) is 5.95. The minimum atomic E-state index is -5.13. The van der Waals surface area contributed by atoms with Crippen molar-refractivity contribution in [3.63, 3.8) is 0 Å². The molecule has 1 atom stereocenters. The van der Waals surface area contributed by atoms with Gasteiger partial charge < -0.3 is 20.3 Å². The summed E-state index contributed by atoms with van der Waals surface area (Å²) in [6, 6.07) is 10.0. The van der Waals surface area contributed by atoms with E-state index in [-0.39, 0.29) is 43.0 Å². The van der Waals surface area contributed by atoms with Crippen LogP contribution in [0.4, 0.5) is 17.6 Å². The number of amidine groups is 1. The van der Waals surface area contributed by atoms with Crippen molar-refractivity contribution < 1.29 is 36.7 Å². The van der Waals surface area contributed by atoms with Crippen molar-refractivity contribution >= 4 is 23.6 Å². The summed E-state index contributed by atoms with van der Waals surface area (Å²) >= 11 is 0. The van der Waals surface area contributed by atoms with Crippen LogP contribution in [0.5, 0.6) is 0 Å². The highest BCUT2D eigenvalue weighted by molar-refractivity contribution is 6.08. The lowest BCUT2D eigenvalue weighted by atomic mass is 10.1. The van der Waals surface area contributed by atoms with Gasteiger partial charge in [-0.2, -0.15) is 13.2 Å². The van der Waals surface area contributed by atoms with E-state index < -0.39 is 41.6 Å². The van der Waals surface area contributed by atoms with Crippen molar-refractivity contribution in [3.8, 4) is 0 Å². The normalized spacial score (nSPS) is 16.0. The number of alkyl halides is 3. The van der Waals surface area contributed by atoms with E-state index in [0.29, 0.717) is 0 Å². The predicted molar refractivity (Wildman–Crippen MR) is 112 cm³/mol. The number of carbonyl (C=O) groups is 3. The molecule has 3 rings (SSSR count). The highest BCUT2D eigenvalue weighted by atomic mass is 19.4. The van der Waals surface area contributed by atoms with Crippen LogP contribution >= 0.6 is 0 Å². The summed E-state index contributed by atoms with van der Waals surface area (Å²) < 4.78 is 56.4. The second-order valence-corrected chi connectivity index (χ2v) is 7.32. The third-order valence-electron chi connectivity index (χ3n) is 5.02. The minimum absolute atomic E-state index is 0.0121. The summed E-state index contributed by atoms with van der Waals surface area (Å²) in [6.45, 7) is 0.630. The molecule has 34 heavy (non-hydrogen) atoms. The molecular weight excluding hydrogens is 460 g/mol. The van der Waals surface area contributed by atoms with Crippen molar-refractivity contribution in [2.75, 3.05) is 26.3 Å². The average Bonchev–Trinajstić information content (AvgIpc) is 2.82.